The molecule has 0 aliphatic heterocycles. The fourth-order valence-corrected chi connectivity index (χ4v) is 5.13. The molecule has 0 aliphatic carbocycles. The lowest BCUT2D eigenvalue weighted by atomic mass is 10.5. The van der Waals surface area contributed by atoms with Crippen LogP contribution in [0.2, 0.25) is 0 Å². The van der Waals surface area contributed by atoms with E-state index in [-0.39, 0.29) is 16.3 Å². The van der Waals surface area contributed by atoms with Crippen molar-refractivity contribution in [3.05, 3.63) is 37.1 Å². The van der Waals surface area contributed by atoms with Gasteiger partial charge in [-0.1, -0.05) is 0 Å². The monoisotopic (exact) mass is 381 g/mol. The molecule has 0 saturated carbocycles. The Balaban J connectivity index is 2.21. The summed E-state index contributed by atoms with van der Waals surface area (Å²) in [4.78, 5) is 11.4. The van der Waals surface area contributed by atoms with Crippen molar-refractivity contribution in [1.29, 1.82) is 0 Å². The molecule has 2 aromatic rings. The summed E-state index contributed by atoms with van der Waals surface area (Å²) in [7, 11) is -3.82. The smallest absolute Gasteiger partial charge is 0.347 e. The fraction of sp³-hybridized carbons (Fsp3) is 0.100. The van der Waals surface area contributed by atoms with Crippen LogP contribution >= 0.6 is 38.6 Å². The SMILES string of the molecule is O=C(O)c1sccc1S(=O)(=O)NCc1sccc1Br. The van der Waals surface area contributed by atoms with Crippen LogP contribution in [0.1, 0.15) is 14.5 Å². The van der Waals surface area contributed by atoms with Gasteiger partial charge < -0.3 is 5.11 Å². The summed E-state index contributed by atoms with van der Waals surface area (Å²) in [5, 5.41) is 12.2. The van der Waals surface area contributed by atoms with Gasteiger partial charge in [0.15, 0.2) is 0 Å². The highest BCUT2D eigenvalue weighted by Crippen LogP contribution is 2.25. The predicted octanol–water partition coefficient (Wildman–Crippen LogP) is 2.75. The number of thiophene rings is 2. The van der Waals surface area contributed by atoms with Gasteiger partial charge in [0, 0.05) is 15.9 Å². The molecule has 19 heavy (non-hydrogen) atoms. The van der Waals surface area contributed by atoms with Crippen LogP contribution in [0.4, 0.5) is 0 Å². The van der Waals surface area contributed by atoms with Crippen LogP contribution in [-0.2, 0) is 16.6 Å². The van der Waals surface area contributed by atoms with Gasteiger partial charge in [0.05, 0.1) is 0 Å². The van der Waals surface area contributed by atoms with Crippen molar-refractivity contribution in [2.24, 2.45) is 0 Å². The van der Waals surface area contributed by atoms with Crippen molar-refractivity contribution in [2.75, 3.05) is 0 Å². The highest BCUT2D eigenvalue weighted by molar-refractivity contribution is 9.10. The van der Waals surface area contributed by atoms with E-state index in [1.54, 1.807) is 0 Å². The Kier molecular flexibility index (Phi) is 4.41. The van der Waals surface area contributed by atoms with Crippen molar-refractivity contribution in [3.63, 3.8) is 0 Å². The minimum Gasteiger partial charge on any atom is -0.477 e. The lowest BCUT2D eigenvalue weighted by molar-refractivity contribution is 0.0698. The van der Waals surface area contributed by atoms with Crippen molar-refractivity contribution >= 4 is 54.6 Å². The largest absolute Gasteiger partial charge is 0.477 e. The van der Waals surface area contributed by atoms with Crippen LogP contribution in [0.5, 0.6) is 0 Å². The highest BCUT2D eigenvalue weighted by atomic mass is 79.9. The Morgan fingerprint density at radius 3 is 2.58 bits per heavy atom. The van der Waals surface area contributed by atoms with E-state index in [1.165, 1.54) is 22.8 Å². The maximum atomic E-state index is 12.0. The zero-order valence-corrected chi connectivity index (χ0v) is 13.3. The van der Waals surface area contributed by atoms with Gasteiger partial charge in [0.25, 0.3) is 0 Å². The minimum atomic E-state index is -3.82. The molecule has 0 unspecified atom stereocenters. The second kappa shape index (κ2) is 5.71. The first-order chi connectivity index (χ1) is 8.92. The van der Waals surface area contributed by atoms with Gasteiger partial charge in [-0.05, 0) is 38.8 Å². The molecule has 0 spiro atoms. The first-order valence-corrected chi connectivity index (χ1v) is 8.97. The van der Waals surface area contributed by atoms with Crippen molar-refractivity contribution in [1.82, 2.24) is 4.72 Å². The molecule has 5 nitrogen and oxygen atoms in total. The molecule has 0 fully saturated rings. The Morgan fingerprint density at radius 1 is 1.32 bits per heavy atom. The first-order valence-electron chi connectivity index (χ1n) is 4.94. The quantitative estimate of drug-likeness (QED) is 0.833. The molecule has 102 valence electrons. The molecule has 0 bridgehead atoms. The summed E-state index contributed by atoms with van der Waals surface area (Å²) < 4.78 is 27.3. The fourth-order valence-electron chi connectivity index (χ4n) is 1.35. The summed E-state index contributed by atoms with van der Waals surface area (Å²) in [6.45, 7) is 0.121. The minimum absolute atomic E-state index is 0.121. The normalized spacial score (nSPS) is 11.6. The number of carboxylic acid groups (broad SMARTS) is 1. The lowest BCUT2D eigenvalue weighted by Crippen LogP contribution is -2.24. The maximum absolute atomic E-state index is 12.0. The number of aromatic carboxylic acids is 1. The molecule has 0 radical (unpaired) electrons. The number of carboxylic acids is 1. The number of nitrogens with one attached hydrogen (secondary N) is 1. The van der Waals surface area contributed by atoms with E-state index in [0.29, 0.717) is 0 Å². The van der Waals surface area contributed by atoms with E-state index in [0.717, 1.165) is 20.7 Å². The number of hydrogen-bond acceptors (Lipinski definition) is 5. The van der Waals surface area contributed by atoms with E-state index >= 15 is 0 Å². The van der Waals surface area contributed by atoms with Gasteiger partial charge in [-0.3, -0.25) is 0 Å². The first kappa shape index (κ1) is 14.7. The second-order valence-corrected chi connectivity index (χ2v) is 7.94. The summed E-state index contributed by atoms with van der Waals surface area (Å²) in [6, 6.07) is 3.11. The predicted molar refractivity (Wildman–Crippen MR) is 77.3 cm³/mol. The van der Waals surface area contributed by atoms with E-state index in [1.807, 2.05) is 11.4 Å². The van der Waals surface area contributed by atoms with Crippen LogP contribution in [0.3, 0.4) is 0 Å². The van der Waals surface area contributed by atoms with Crippen molar-refractivity contribution in [3.8, 4) is 0 Å². The summed E-state index contributed by atoms with van der Waals surface area (Å²) in [6.07, 6.45) is 0. The summed E-state index contributed by atoms with van der Waals surface area (Å²) >= 11 is 5.60. The summed E-state index contributed by atoms with van der Waals surface area (Å²) in [5.74, 6) is -1.24. The van der Waals surface area contributed by atoms with Gasteiger partial charge in [0.1, 0.15) is 9.77 Å². The Morgan fingerprint density at radius 2 is 2.00 bits per heavy atom. The van der Waals surface area contributed by atoms with Crippen LogP contribution in [0.15, 0.2) is 32.3 Å². The average Bonchev–Trinajstić information content (AvgIpc) is 2.95. The zero-order chi connectivity index (χ0) is 14.0. The molecule has 2 rings (SSSR count). The van der Waals surface area contributed by atoms with Gasteiger partial charge >= 0.3 is 5.97 Å². The molecule has 9 heteroatoms. The van der Waals surface area contributed by atoms with E-state index < -0.39 is 16.0 Å². The van der Waals surface area contributed by atoms with Crippen molar-refractivity contribution in [2.45, 2.75) is 11.4 Å². The van der Waals surface area contributed by atoms with Gasteiger partial charge in [-0.2, -0.15) is 0 Å². The molecule has 0 atom stereocenters. The Bertz CT molecular complexity index is 704. The molecule has 0 aromatic carbocycles. The van der Waals surface area contributed by atoms with E-state index in [9.17, 15) is 13.2 Å². The lowest BCUT2D eigenvalue weighted by Gasteiger charge is -2.05. The summed E-state index contributed by atoms with van der Waals surface area (Å²) in [5.41, 5.74) is 0. The standard InChI is InChI=1S/C10H8BrNO4S3/c11-6-1-3-17-7(6)5-12-19(15,16)8-2-4-18-9(8)10(13)14/h1-4,12H,5H2,(H,13,14). The number of carbonyl (C=O) groups is 1. The molecular formula is C10H8BrNO4S3. The third kappa shape index (κ3) is 3.23. The molecular weight excluding hydrogens is 374 g/mol. The number of hydrogen-bond donors (Lipinski definition) is 2. The van der Waals surface area contributed by atoms with Crippen LogP contribution < -0.4 is 4.72 Å². The van der Waals surface area contributed by atoms with E-state index in [2.05, 4.69) is 20.7 Å². The Hall–Kier alpha value is -0.740. The van der Waals surface area contributed by atoms with Crippen molar-refractivity contribution < 1.29 is 18.3 Å². The van der Waals surface area contributed by atoms with E-state index in [4.69, 9.17) is 5.11 Å². The number of halogens is 1. The molecule has 2 N–H and O–H groups in total. The molecule has 0 saturated heterocycles. The molecule has 0 amide bonds. The molecule has 0 aliphatic rings. The van der Waals surface area contributed by atoms with Crippen LogP contribution in [0.25, 0.3) is 0 Å². The number of sulfonamides is 1. The Labute approximate surface area is 126 Å². The van der Waals surface area contributed by atoms with Gasteiger partial charge in [-0.15, -0.1) is 22.7 Å². The maximum Gasteiger partial charge on any atom is 0.347 e. The highest BCUT2D eigenvalue weighted by Gasteiger charge is 2.23. The topological polar surface area (TPSA) is 83.5 Å². The second-order valence-electron chi connectivity index (χ2n) is 3.44. The van der Waals surface area contributed by atoms with Gasteiger partial charge in [-0.25, -0.2) is 17.9 Å². The van der Waals surface area contributed by atoms with Gasteiger partial charge in [0.2, 0.25) is 10.0 Å². The van der Waals surface area contributed by atoms with Crippen LogP contribution in [-0.4, -0.2) is 19.5 Å². The number of rotatable bonds is 5. The molecule has 2 aromatic heterocycles. The zero-order valence-electron chi connectivity index (χ0n) is 9.29. The van der Waals surface area contributed by atoms with Crippen LogP contribution in [0, 0.1) is 0 Å². The average molecular weight is 382 g/mol. The molecule has 2 heterocycles. The third-order valence-electron chi connectivity index (χ3n) is 2.23. The third-order valence-corrected chi connectivity index (χ3v) is 6.63.